The van der Waals surface area contributed by atoms with E-state index in [-0.39, 0.29) is 11.8 Å². The van der Waals surface area contributed by atoms with E-state index in [1.807, 2.05) is 0 Å². The lowest BCUT2D eigenvalue weighted by Crippen LogP contribution is -2.24. The molecule has 2 amide bonds. The third kappa shape index (κ3) is 3.34. The van der Waals surface area contributed by atoms with Gasteiger partial charge in [-0.2, -0.15) is 0 Å². The Balaban J connectivity index is 0.000000129. The Bertz CT molecular complexity index is 832. The molecule has 2 aliphatic carbocycles. The highest BCUT2D eigenvalue weighted by Gasteiger charge is 2.28. The third-order valence-corrected chi connectivity index (χ3v) is 5.54. The molecule has 5 rings (SSSR count). The summed E-state index contributed by atoms with van der Waals surface area (Å²) in [5.74, 6) is -0.0809. The lowest BCUT2D eigenvalue weighted by molar-refractivity contribution is -0.124. The largest absolute Gasteiger partial charge is 0.289 e. The second kappa shape index (κ2) is 7.28. The molecule has 1 aliphatic heterocycles. The van der Waals surface area contributed by atoms with Crippen LogP contribution in [-0.4, -0.2) is 11.8 Å². The predicted molar refractivity (Wildman–Crippen MR) is 102 cm³/mol. The number of carbonyl (C=O) groups is 2. The molecule has 3 nitrogen and oxygen atoms in total. The number of rotatable bonds is 1. The Labute approximate surface area is 154 Å². The number of amides is 2. The molecule has 3 heteroatoms. The SMILES string of the molecule is O=C1C=C(C2CCCCC2)C(=O)N1.c1ccc2c(c1)Cc1ccccc1-2. The van der Waals surface area contributed by atoms with Gasteiger partial charge in [-0.1, -0.05) is 67.8 Å². The van der Waals surface area contributed by atoms with E-state index in [1.165, 1.54) is 47.6 Å². The van der Waals surface area contributed by atoms with Crippen molar-refractivity contribution < 1.29 is 9.59 Å². The Morgan fingerprint density at radius 1 is 0.769 bits per heavy atom. The average Bonchev–Trinajstić information content (AvgIpc) is 3.22. The fourth-order valence-electron chi connectivity index (χ4n) is 4.22. The highest BCUT2D eigenvalue weighted by atomic mass is 16.2. The molecule has 1 N–H and O–H groups in total. The number of benzene rings is 2. The molecule has 0 radical (unpaired) electrons. The first-order chi connectivity index (χ1) is 12.7. The topological polar surface area (TPSA) is 46.2 Å². The van der Waals surface area contributed by atoms with Crippen LogP contribution in [0.2, 0.25) is 0 Å². The van der Waals surface area contributed by atoms with Crippen molar-refractivity contribution in [1.29, 1.82) is 0 Å². The first-order valence-electron chi connectivity index (χ1n) is 9.45. The van der Waals surface area contributed by atoms with Crippen LogP contribution in [0.25, 0.3) is 11.1 Å². The van der Waals surface area contributed by atoms with Gasteiger partial charge in [0.1, 0.15) is 0 Å². The Morgan fingerprint density at radius 2 is 1.35 bits per heavy atom. The molecule has 0 aromatic heterocycles. The van der Waals surface area contributed by atoms with Gasteiger partial charge >= 0.3 is 0 Å². The van der Waals surface area contributed by atoms with E-state index in [0.29, 0.717) is 11.5 Å². The van der Waals surface area contributed by atoms with Gasteiger partial charge in [0.2, 0.25) is 0 Å². The van der Waals surface area contributed by atoms with Crippen LogP contribution in [-0.2, 0) is 16.0 Å². The minimum absolute atomic E-state index is 0.170. The number of hydrogen-bond donors (Lipinski definition) is 1. The maximum atomic E-state index is 11.3. The molecule has 0 unspecified atom stereocenters. The zero-order valence-corrected chi connectivity index (χ0v) is 14.8. The van der Waals surface area contributed by atoms with Gasteiger partial charge in [-0.05, 0) is 47.4 Å². The Hall–Kier alpha value is -2.68. The predicted octanol–water partition coefficient (Wildman–Crippen LogP) is 4.41. The number of imide groups is 1. The van der Waals surface area contributed by atoms with Gasteiger partial charge in [-0.25, -0.2) is 0 Å². The zero-order chi connectivity index (χ0) is 17.9. The average molecular weight is 345 g/mol. The molecule has 1 heterocycles. The van der Waals surface area contributed by atoms with Crippen LogP contribution in [0.5, 0.6) is 0 Å². The molecule has 2 aromatic carbocycles. The smallest absolute Gasteiger partial charge is 0.254 e. The zero-order valence-electron chi connectivity index (χ0n) is 14.8. The third-order valence-electron chi connectivity index (χ3n) is 5.54. The normalized spacial score (nSPS) is 18.4. The van der Waals surface area contributed by atoms with Crippen LogP contribution in [0.1, 0.15) is 43.2 Å². The second-order valence-corrected chi connectivity index (χ2v) is 7.24. The summed E-state index contributed by atoms with van der Waals surface area (Å²) in [5, 5.41) is 2.29. The number of nitrogens with one attached hydrogen (secondary N) is 1. The van der Waals surface area contributed by atoms with Crippen molar-refractivity contribution in [3.8, 4) is 11.1 Å². The van der Waals surface area contributed by atoms with Gasteiger partial charge in [-0.3, -0.25) is 14.9 Å². The highest BCUT2D eigenvalue weighted by Crippen LogP contribution is 2.35. The molecule has 1 fully saturated rings. The maximum Gasteiger partial charge on any atom is 0.254 e. The van der Waals surface area contributed by atoms with Gasteiger partial charge in [0.05, 0.1) is 0 Å². The quantitative estimate of drug-likeness (QED) is 0.664. The Morgan fingerprint density at radius 3 is 1.88 bits per heavy atom. The molecule has 26 heavy (non-hydrogen) atoms. The van der Waals surface area contributed by atoms with Crippen molar-refractivity contribution in [3.63, 3.8) is 0 Å². The lowest BCUT2D eigenvalue weighted by Gasteiger charge is -2.21. The van der Waals surface area contributed by atoms with E-state index in [9.17, 15) is 9.59 Å². The molecule has 0 bridgehead atoms. The van der Waals surface area contributed by atoms with Crippen molar-refractivity contribution in [2.75, 3.05) is 0 Å². The van der Waals surface area contributed by atoms with Crippen LogP contribution >= 0.6 is 0 Å². The molecule has 0 saturated heterocycles. The maximum absolute atomic E-state index is 11.3. The lowest BCUT2D eigenvalue weighted by atomic mass is 9.84. The second-order valence-electron chi connectivity index (χ2n) is 7.24. The van der Waals surface area contributed by atoms with Crippen molar-refractivity contribution in [2.24, 2.45) is 5.92 Å². The molecular formula is C23H23NO2. The van der Waals surface area contributed by atoms with Gasteiger partial charge < -0.3 is 0 Å². The monoisotopic (exact) mass is 345 g/mol. The summed E-state index contributed by atoms with van der Waals surface area (Å²) < 4.78 is 0. The van der Waals surface area contributed by atoms with Gasteiger partial charge in [0.25, 0.3) is 11.8 Å². The fraction of sp³-hybridized carbons (Fsp3) is 0.304. The first-order valence-corrected chi connectivity index (χ1v) is 9.45. The summed E-state index contributed by atoms with van der Waals surface area (Å²) in [6.45, 7) is 0. The summed E-state index contributed by atoms with van der Waals surface area (Å²) in [7, 11) is 0. The number of carbonyl (C=O) groups excluding carboxylic acids is 2. The van der Waals surface area contributed by atoms with E-state index < -0.39 is 0 Å². The van der Waals surface area contributed by atoms with E-state index in [2.05, 4.69) is 53.8 Å². The molecule has 1 saturated carbocycles. The Kier molecular flexibility index (Phi) is 4.70. The van der Waals surface area contributed by atoms with Crippen LogP contribution in [0, 0.1) is 5.92 Å². The molecule has 3 aliphatic rings. The van der Waals surface area contributed by atoms with E-state index in [4.69, 9.17) is 0 Å². The molecular weight excluding hydrogens is 322 g/mol. The highest BCUT2D eigenvalue weighted by molar-refractivity contribution is 6.16. The standard InChI is InChI=1S/C13H10.C10H13NO2/c1-3-7-12-10(5-1)9-11-6-2-4-8-13(11)12;12-9-6-8(10(13)11-9)7-4-2-1-3-5-7/h1-8H,9H2;6-7H,1-5H2,(H,11,12,13). The molecule has 0 spiro atoms. The van der Waals surface area contributed by atoms with E-state index in [0.717, 1.165) is 19.3 Å². The molecule has 2 aromatic rings. The summed E-state index contributed by atoms with van der Waals surface area (Å²) in [5.41, 5.74) is 6.47. The van der Waals surface area contributed by atoms with Crippen LogP contribution in [0.3, 0.4) is 0 Å². The van der Waals surface area contributed by atoms with Crippen LogP contribution < -0.4 is 5.32 Å². The molecule has 0 atom stereocenters. The van der Waals surface area contributed by atoms with Gasteiger partial charge in [-0.15, -0.1) is 0 Å². The minimum Gasteiger partial charge on any atom is -0.289 e. The fourth-order valence-corrected chi connectivity index (χ4v) is 4.22. The van der Waals surface area contributed by atoms with Crippen molar-refractivity contribution in [1.82, 2.24) is 5.32 Å². The summed E-state index contributed by atoms with van der Waals surface area (Å²) in [6, 6.07) is 17.3. The van der Waals surface area contributed by atoms with E-state index >= 15 is 0 Å². The van der Waals surface area contributed by atoms with Crippen molar-refractivity contribution in [3.05, 3.63) is 71.3 Å². The summed E-state index contributed by atoms with van der Waals surface area (Å²) >= 11 is 0. The van der Waals surface area contributed by atoms with Crippen LogP contribution in [0.15, 0.2) is 60.2 Å². The van der Waals surface area contributed by atoms with Crippen molar-refractivity contribution >= 4 is 11.8 Å². The first kappa shape index (κ1) is 16.8. The number of fused-ring (bicyclic) bond motifs is 3. The number of hydrogen-bond acceptors (Lipinski definition) is 2. The summed E-state index contributed by atoms with van der Waals surface area (Å²) in [6.07, 6.45) is 8.33. The van der Waals surface area contributed by atoms with Crippen LogP contribution in [0.4, 0.5) is 0 Å². The minimum atomic E-state index is -0.245. The van der Waals surface area contributed by atoms with Gasteiger partial charge in [0.15, 0.2) is 0 Å². The van der Waals surface area contributed by atoms with E-state index in [1.54, 1.807) is 0 Å². The summed E-state index contributed by atoms with van der Waals surface area (Å²) in [4.78, 5) is 22.2. The molecule has 132 valence electrons. The van der Waals surface area contributed by atoms with Gasteiger partial charge in [0, 0.05) is 11.6 Å². The van der Waals surface area contributed by atoms with Crippen molar-refractivity contribution in [2.45, 2.75) is 38.5 Å².